The van der Waals surface area contributed by atoms with Gasteiger partial charge in [-0.2, -0.15) is 0 Å². The molecule has 0 bridgehead atoms. The third kappa shape index (κ3) is 4.83. The molecule has 4 rings (SSSR count). The van der Waals surface area contributed by atoms with E-state index < -0.39 is 0 Å². The van der Waals surface area contributed by atoms with E-state index in [9.17, 15) is 20.4 Å². The lowest BCUT2D eigenvalue weighted by Gasteiger charge is -2.28. The maximum Gasteiger partial charge on any atom is 0.119 e. The molecule has 4 N–H and O–H groups in total. The summed E-state index contributed by atoms with van der Waals surface area (Å²) in [7, 11) is 0. The Kier molecular flexibility index (Phi) is 6.25. The number of hydrogen-bond donors (Lipinski definition) is 4. The summed E-state index contributed by atoms with van der Waals surface area (Å²) < 4.78 is 0. The fraction of sp³-hybridized carbons (Fsp3) is 0.226. The second-order valence-corrected chi connectivity index (χ2v) is 10.2. The van der Waals surface area contributed by atoms with Crippen molar-refractivity contribution in [1.29, 1.82) is 0 Å². The van der Waals surface area contributed by atoms with Crippen LogP contribution >= 0.6 is 0 Å². The normalized spacial score (nSPS) is 12.0. The standard InChI is InChI=1S/C31H32O4/c1-30(2,22-5-11-26(32)12-6-22)24-9-15-28(34)20(18-24)17-21-19-25(10-16-29(21)35)31(3,4)23-7-13-27(33)14-8-23/h5-16,18-19,32-35H,17H2,1-4H3. The molecule has 0 fully saturated rings. The molecule has 180 valence electrons. The van der Waals surface area contributed by atoms with Crippen molar-refractivity contribution in [2.24, 2.45) is 0 Å². The third-order valence-electron chi connectivity index (χ3n) is 7.16. The molecule has 0 aliphatic carbocycles. The molecule has 4 aromatic carbocycles. The number of phenols is 4. The van der Waals surface area contributed by atoms with Gasteiger partial charge in [0.15, 0.2) is 0 Å². The van der Waals surface area contributed by atoms with Gasteiger partial charge in [-0.1, -0.05) is 76.2 Å². The molecule has 35 heavy (non-hydrogen) atoms. The van der Waals surface area contributed by atoms with Crippen molar-refractivity contribution in [3.05, 3.63) is 118 Å². The maximum atomic E-state index is 10.7. The number of rotatable bonds is 6. The van der Waals surface area contributed by atoms with Gasteiger partial charge < -0.3 is 20.4 Å². The Bertz CT molecular complexity index is 1230. The Hall–Kier alpha value is -3.92. The first kappa shape index (κ1) is 24.2. The molecule has 4 nitrogen and oxygen atoms in total. The minimum atomic E-state index is -0.346. The zero-order valence-corrected chi connectivity index (χ0v) is 20.6. The van der Waals surface area contributed by atoms with Crippen molar-refractivity contribution in [2.75, 3.05) is 0 Å². The molecule has 4 aromatic rings. The van der Waals surface area contributed by atoms with E-state index in [4.69, 9.17) is 0 Å². The van der Waals surface area contributed by atoms with Crippen LogP contribution in [0.25, 0.3) is 0 Å². The van der Waals surface area contributed by atoms with Gasteiger partial charge in [0.05, 0.1) is 0 Å². The second kappa shape index (κ2) is 9.03. The maximum absolute atomic E-state index is 10.7. The number of aromatic hydroxyl groups is 4. The molecule has 0 amide bonds. The molecule has 0 unspecified atom stereocenters. The SMILES string of the molecule is CC(C)(c1ccc(O)cc1)c1ccc(O)c(Cc2cc(C(C)(C)c3ccc(O)cc3)ccc2O)c1. The smallest absolute Gasteiger partial charge is 0.119 e. The minimum Gasteiger partial charge on any atom is -0.508 e. The van der Waals surface area contributed by atoms with Crippen LogP contribution in [-0.4, -0.2) is 20.4 Å². The summed E-state index contributed by atoms with van der Waals surface area (Å²) in [5.41, 5.74) is 4.90. The molecular formula is C31H32O4. The fourth-order valence-electron chi connectivity index (χ4n) is 4.53. The molecular weight excluding hydrogens is 436 g/mol. The quantitative estimate of drug-likeness (QED) is 0.252. The summed E-state index contributed by atoms with van der Waals surface area (Å²) in [6.45, 7) is 8.42. The monoisotopic (exact) mass is 468 g/mol. The zero-order chi connectivity index (χ0) is 25.4. The lowest BCUT2D eigenvalue weighted by molar-refractivity contribution is 0.461. The average Bonchev–Trinajstić information content (AvgIpc) is 2.82. The van der Waals surface area contributed by atoms with Crippen molar-refractivity contribution in [3.63, 3.8) is 0 Å². The molecule has 0 saturated carbocycles. The van der Waals surface area contributed by atoms with E-state index >= 15 is 0 Å². The Balaban J connectivity index is 1.69. The molecule has 0 spiro atoms. The average molecular weight is 469 g/mol. The Labute approximate surface area is 206 Å². The van der Waals surface area contributed by atoms with E-state index in [0.717, 1.165) is 33.4 Å². The van der Waals surface area contributed by atoms with Gasteiger partial charge in [0, 0.05) is 17.3 Å². The molecule has 0 saturated heterocycles. The number of benzene rings is 4. The zero-order valence-electron chi connectivity index (χ0n) is 20.6. The van der Waals surface area contributed by atoms with Crippen LogP contribution in [0.15, 0.2) is 84.9 Å². The minimum absolute atomic E-state index is 0.179. The van der Waals surface area contributed by atoms with Crippen molar-refractivity contribution in [3.8, 4) is 23.0 Å². The summed E-state index contributed by atoms with van der Waals surface area (Å²) >= 11 is 0. The summed E-state index contributed by atoms with van der Waals surface area (Å²) in [5.74, 6) is 0.804. The summed E-state index contributed by atoms with van der Waals surface area (Å²) in [6.07, 6.45) is 0.372. The first-order chi connectivity index (χ1) is 16.5. The molecule has 0 aliphatic heterocycles. The van der Waals surface area contributed by atoms with Gasteiger partial charge in [-0.15, -0.1) is 0 Å². The molecule has 0 heterocycles. The van der Waals surface area contributed by atoms with E-state index in [1.807, 2.05) is 48.5 Å². The highest BCUT2D eigenvalue weighted by Gasteiger charge is 2.26. The third-order valence-corrected chi connectivity index (χ3v) is 7.16. The lowest BCUT2D eigenvalue weighted by Crippen LogP contribution is -2.19. The van der Waals surface area contributed by atoms with E-state index in [1.54, 1.807) is 36.4 Å². The van der Waals surface area contributed by atoms with Crippen LogP contribution in [-0.2, 0) is 17.3 Å². The Morgan fingerprint density at radius 2 is 0.771 bits per heavy atom. The van der Waals surface area contributed by atoms with Gasteiger partial charge in [-0.05, 0) is 69.8 Å². The lowest BCUT2D eigenvalue weighted by atomic mass is 9.76. The van der Waals surface area contributed by atoms with Crippen LogP contribution in [0.4, 0.5) is 0 Å². The van der Waals surface area contributed by atoms with Crippen molar-refractivity contribution < 1.29 is 20.4 Å². The highest BCUT2D eigenvalue weighted by Crippen LogP contribution is 2.38. The number of phenolic OH excluding ortho intramolecular Hbond substituents is 4. The summed E-state index contributed by atoms with van der Waals surface area (Å²) in [6, 6.07) is 25.5. The van der Waals surface area contributed by atoms with Crippen LogP contribution in [0, 0.1) is 0 Å². The Morgan fingerprint density at radius 1 is 0.457 bits per heavy atom. The van der Waals surface area contributed by atoms with Crippen LogP contribution < -0.4 is 0 Å². The van der Waals surface area contributed by atoms with Crippen molar-refractivity contribution >= 4 is 0 Å². The van der Waals surface area contributed by atoms with Crippen LogP contribution in [0.3, 0.4) is 0 Å². The van der Waals surface area contributed by atoms with E-state index in [1.165, 1.54) is 0 Å². The Morgan fingerprint density at radius 3 is 1.11 bits per heavy atom. The van der Waals surface area contributed by atoms with E-state index in [2.05, 4.69) is 27.7 Å². The largest absolute Gasteiger partial charge is 0.508 e. The van der Waals surface area contributed by atoms with Crippen molar-refractivity contribution in [2.45, 2.75) is 44.9 Å². The van der Waals surface area contributed by atoms with Gasteiger partial charge >= 0.3 is 0 Å². The fourth-order valence-corrected chi connectivity index (χ4v) is 4.53. The van der Waals surface area contributed by atoms with Crippen molar-refractivity contribution in [1.82, 2.24) is 0 Å². The van der Waals surface area contributed by atoms with Crippen LogP contribution in [0.5, 0.6) is 23.0 Å². The second-order valence-electron chi connectivity index (χ2n) is 10.2. The first-order valence-electron chi connectivity index (χ1n) is 11.7. The van der Waals surface area contributed by atoms with E-state index in [0.29, 0.717) is 6.42 Å². The topological polar surface area (TPSA) is 80.9 Å². The highest BCUT2D eigenvalue weighted by molar-refractivity contribution is 5.50. The van der Waals surface area contributed by atoms with Gasteiger partial charge in [0.1, 0.15) is 23.0 Å². The van der Waals surface area contributed by atoms with Crippen LogP contribution in [0.1, 0.15) is 61.1 Å². The molecule has 0 aromatic heterocycles. The predicted molar refractivity (Wildman–Crippen MR) is 139 cm³/mol. The highest BCUT2D eigenvalue weighted by atomic mass is 16.3. The van der Waals surface area contributed by atoms with Gasteiger partial charge in [-0.3, -0.25) is 0 Å². The van der Waals surface area contributed by atoms with Crippen LogP contribution in [0.2, 0.25) is 0 Å². The molecule has 0 aliphatic rings. The summed E-state index contributed by atoms with van der Waals surface area (Å²) in [5, 5.41) is 40.6. The van der Waals surface area contributed by atoms with Gasteiger partial charge in [-0.25, -0.2) is 0 Å². The summed E-state index contributed by atoms with van der Waals surface area (Å²) in [4.78, 5) is 0. The number of hydrogen-bond acceptors (Lipinski definition) is 4. The first-order valence-corrected chi connectivity index (χ1v) is 11.7. The molecule has 0 atom stereocenters. The van der Waals surface area contributed by atoms with E-state index in [-0.39, 0.29) is 33.8 Å². The van der Waals surface area contributed by atoms with Gasteiger partial charge in [0.25, 0.3) is 0 Å². The van der Waals surface area contributed by atoms with Gasteiger partial charge in [0.2, 0.25) is 0 Å². The predicted octanol–water partition coefficient (Wildman–Crippen LogP) is 6.75. The molecule has 0 radical (unpaired) electrons. The molecule has 4 heteroatoms.